The van der Waals surface area contributed by atoms with Gasteiger partial charge >= 0.3 is 0 Å². The van der Waals surface area contributed by atoms with Crippen LogP contribution in [0.25, 0.3) is 11.0 Å². The van der Waals surface area contributed by atoms with E-state index in [1.54, 1.807) is 6.07 Å². The van der Waals surface area contributed by atoms with Crippen LogP contribution in [0, 0.1) is 16.7 Å². The van der Waals surface area contributed by atoms with Crippen molar-refractivity contribution in [3.63, 3.8) is 0 Å². The minimum atomic E-state index is -0.0936. The highest BCUT2D eigenvalue weighted by Crippen LogP contribution is 2.34. The summed E-state index contributed by atoms with van der Waals surface area (Å²) in [6, 6.07) is 8.01. The molecule has 0 bridgehead atoms. The Balaban J connectivity index is 2.96. The van der Waals surface area contributed by atoms with E-state index < -0.39 is 0 Å². The van der Waals surface area contributed by atoms with Gasteiger partial charge in [-0.3, -0.25) is 5.41 Å². The molecular formula is C18H22N2O. The molecule has 0 amide bonds. The van der Waals surface area contributed by atoms with Crippen LogP contribution in [0.1, 0.15) is 58.2 Å². The molecule has 0 saturated carbocycles. The zero-order valence-electron chi connectivity index (χ0n) is 13.6. The highest BCUT2D eigenvalue weighted by molar-refractivity contribution is 5.83. The molecule has 0 radical (unpaired) electrons. The maximum absolute atomic E-state index is 9.11. The topological polar surface area (TPSA) is 60.8 Å². The van der Waals surface area contributed by atoms with Crippen LogP contribution in [-0.4, -0.2) is 0 Å². The van der Waals surface area contributed by atoms with E-state index in [0.29, 0.717) is 5.58 Å². The average molecular weight is 282 g/mol. The zero-order valence-corrected chi connectivity index (χ0v) is 13.6. The Hall–Kier alpha value is -2.08. The van der Waals surface area contributed by atoms with E-state index in [9.17, 15) is 0 Å². The minimum Gasteiger partial charge on any atom is -0.437 e. The molecule has 21 heavy (non-hydrogen) atoms. The van der Waals surface area contributed by atoms with Crippen molar-refractivity contribution in [3.8, 4) is 6.07 Å². The number of nitrogens with one attached hydrogen (secondary N) is 1. The SMILES string of the molecule is CC(C)(C)c1cc(C(C)(C)C)c2oc(=N)c(C#N)cc2c1. The Kier molecular flexibility index (Phi) is 3.45. The monoisotopic (exact) mass is 282 g/mol. The minimum absolute atomic E-state index is 0.0145. The van der Waals surface area contributed by atoms with Crippen LogP contribution in [-0.2, 0) is 10.8 Å². The van der Waals surface area contributed by atoms with Crippen molar-refractivity contribution in [2.75, 3.05) is 0 Å². The van der Waals surface area contributed by atoms with Crippen molar-refractivity contribution in [1.82, 2.24) is 0 Å². The first kappa shape index (κ1) is 15.3. The quantitative estimate of drug-likeness (QED) is 0.779. The first-order valence-corrected chi connectivity index (χ1v) is 7.11. The molecule has 2 aromatic rings. The van der Waals surface area contributed by atoms with Gasteiger partial charge in [0.1, 0.15) is 17.2 Å². The zero-order chi connectivity index (χ0) is 16.0. The first-order chi connectivity index (χ1) is 9.54. The second-order valence-corrected chi connectivity index (χ2v) is 7.54. The number of hydrogen-bond acceptors (Lipinski definition) is 3. The summed E-state index contributed by atoms with van der Waals surface area (Å²) < 4.78 is 5.65. The highest BCUT2D eigenvalue weighted by Gasteiger charge is 2.23. The van der Waals surface area contributed by atoms with Gasteiger partial charge in [-0.15, -0.1) is 0 Å². The second kappa shape index (κ2) is 4.73. The smallest absolute Gasteiger partial charge is 0.229 e. The maximum atomic E-state index is 9.11. The third-order valence-electron chi connectivity index (χ3n) is 3.66. The largest absolute Gasteiger partial charge is 0.437 e. The molecule has 1 heterocycles. The summed E-state index contributed by atoms with van der Waals surface area (Å²) >= 11 is 0. The molecule has 110 valence electrons. The summed E-state index contributed by atoms with van der Waals surface area (Å²) in [7, 11) is 0. The van der Waals surface area contributed by atoms with Crippen LogP contribution in [0.3, 0.4) is 0 Å². The molecule has 0 atom stereocenters. The van der Waals surface area contributed by atoms with E-state index in [2.05, 4.69) is 53.7 Å². The predicted molar refractivity (Wildman–Crippen MR) is 84.2 cm³/mol. The highest BCUT2D eigenvalue weighted by atomic mass is 16.3. The van der Waals surface area contributed by atoms with Gasteiger partial charge in [0.05, 0.1) is 0 Å². The fourth-order valence-electron chi connectivity index (χ4n) is 2.32. The van der Waals surface area contributed by atoms with Crippen molar-refractivity contribution in [1.29, 1.82) is 10.7 Å². The lowest BCUT2D eigenvalue weighted by Crippen LogP contribution is -2.18. The molecule has 1 N–H and O–H groups in total. The number of benzene rings is 1. The van der Waals surface area contributed by atoms with E-state index >= 15 is 0 Å². The van der Waals surface area contributed by atoms with Crippen LogP contribution in [0.4, 0.5) is 0 Å². The van der Waals surface area contributed by atoms with E-state index in [1.165, 1.54) is 5.56 Å². The van der Waals surface area contributed by atoms with Crippen molar-refractivity contribution in [2.24, 2.45) is 0 Å². The van der Waals surface area contributed by atoms with Crippen LogP contribution in [0.2, 0.25) is 0 Å². The maximum Gasteiger partial charge on any atom is 0.229 e. The standard InChI is InChI=1S/C18H22N2O/c1-17(2,3)13-8-11-7-12(10-19)16(20)21-15(11)14(9-13)18(4,5)6/h7-9,20H,1-6H3. The fourth-order valence-corrected chi connectivity index (χ4v) is 2.32. The molecule has 0 unspecified atom stereocenters. The van der Waals surface area contributed by atoms with E-state index in [0.717, 1.165) is 10.9 Å². The van der Waals surface area contributed by atoms with Gasteiger partial charge < -0.3 is 4.42 Å². The van der Waals surface area contributed by atoms with E-state index in [-0.39, 0.29) is 21.9 Å². The normalized spacial score (nSPS) is 12.4. The Bertz CT molecular complexity index is 793. The molecule has 0 aliphatic heterocycles. The van der Waals surface area contributed by atoms with Crippen LogP contribution in [0.15, 0.2) is 22.6 Å². The van der Waals surface area contributed by atoms with E-state index in [4.69, 9.17) is 15.1 Å². The third kappa shape index (κ3) is 2.85. The van der Waals surface area contributed by atoms with Crippen molar-refractivity contribution < 1.29 is 4.42 Å². The lowest BCUT2D eigenvalue weighted by atomic mass is 9.79. The fraction of sp³-hybridized carbons (Fsp3) is 0.444. The average Bonchev–Trinajstić information content (AvgIpc) is 2.34. The lowest BCUT2D eigenvalue weighted by molar-refractivity contribution is 0.506. The summed E-state index contributed by atoms with van der Waals surface area (Å²) in [5, 5.41) is 17.8. The summed E-state index contributed by atoms with van der Waals surface area (Å²) in [5.74, 6) is 0. The Morgan fingerprint density at radius 1 is 1.00 bits per heavy atom. The number of nitrogens with zero attached hydrogens (tertiary/aromatic N) is 1. The molecule has 1 aromatic heterocycles. The number of rotatable bonds is 0. The molecule has 0 spiro atoms. The van der Waals surface area contributed by atoms with Gasteiger partial charge in [-0.25, -0.2) is 0 Å². The Morgan fingerprint density at radius 2 is 1.62 bits per heavy atom. The molecule has 0 saturated heterocycles. The van der Waals surface area contributed by atoms with Crippen molar-refractivity contribution in [2.45, 2.75) is 52.4 Å². The molecule has 0 aliphatic carbocycles. The van der Waals surface area contributed by atoms with Crippen LogP contribution >= 0.6 is 0 Å². The first-order valence-electron chi connectivity index (χ1n) is 7.11. The number of nitriles is 1. The number of hydrogen-bond donors (Lipinski definition) is 1. The van der Waals surface area contributed by atoms with Gasteiger partial charge in [0.25, 0.3) is 0 Å². The third-order valence-corrected chi connectivity index (χ3v) is 3.66. The summed E-state index contributed by atoms with van der Waals surface area (Å²) in [5.41, 5.74) is 3.11. The molecular weight excluding hydrogens is 260 g/mol. The summed E-state index contributed by atoms with van der Waals surface area (Å²) in [6.45, 7) is 12.9. The van der Waals surface area contributed by atoms with Gasteiger partial charge in [0.15, 0.2) is 0 Å². The van der Waals surface area contributed by atoms with Gasteiger partial charge in [0.2, 0.25) is 5.55 Å². The lowest BCUT2D eigenvalue weighted by Gasteiger charge is -2.26. The van der Waals surface area contributed by atoms with Crippen LogP contribution in [0.5, 0.6) is 0 Å². The Morgan fingerprint density at radius 3 is 2.10 bits per heavy atom. The van der Waals surface area contributed by atoms with E-state index in [1.807, 2.05) is 6.07 Å². The predicted octanol–water partition coefficient (Wildman–Crippen LogP) is 4.38. The number of fused-ring (bicyclic) bond motifs is 1. The Labute approximate surface area is 125 Å². The van der Waals surface area contributed by atoms with Gasteiger partial charge in [-0.05, 0) is 28.5 Å². The molecule has 0 aliphatic rings. The molecule has 3 nitrogen and oxygen atoms in total. The van der Waals surface area contributed by atoms with Crippen molar-refractivity contribution in [3.05, 3.63) is 40.4 Å². The van der Waals surface area contributed by atoms with Gasteiger partial charge in [0, 0.05) is 10.9 Å². The van der Waals surface area contributed by atoms with Crippen molar-refractivity contribution >= 4 is 11.0 Å². The molecule has 2 rings (SSSR count). The molecule has 3 heteroatoms. The van der Waals surface area contributed by atoms with Gasteiger partial charge in [-0.1, -0.05) is 47.6 Å². The van der Waals surface area contributed by atoms with Gasteiger partial charge in [-0.2, -0.15) is 5.26 Å². The molecule has 1 aromatic carbocycles. The van der Waals surface area contributed by atoms with Crippen LogP contribution < -0.4 is 5.55 Å². The summed E-state index contributed by atoms with van der Waals surface area (Å²) in [6.07, 6.45) is 0. The second-order valence-electron chi connectivity index (χ2n) is 7.54. The molecule has 0 fully saturated rings. The summed E-state index contributed by atoms with van der Waals surface area (Å²) in [4.78, 5) is 0.